The second-order valence-electron chi connectivity index (χ2n) is 6.44. The van der Waals surface area contributed by atoms with Gasteiger partial charge in [0.1, 0.15) is 16.0 Å². The standard InChI is InChI=1S/C21H22BrN3O3/c1-12-6-8-16(9-7-12)25-14(3)20(13(2)24-25)23-21(26)15-10-17(27-4)19(22)18(11-15)28-5/h6-11H,1-5H3,(H,23,26). The number of anilines is 1. The minimum Gasteiger partial charge on any atom is -0.495 e. The van der Waals surface area contributed by atoms with E-state index in [1.54, 1.807) is 26.4 Å². The molecule has 0 spiro atoms. The molecule has 0 radical (unpaired) electrons. The second kappa shape index (κ2) is 8.06. The first-order valence-corrected chi connectivity index (χ1v) is 9.51. The molecule has 2 aromatic carbocycles. The third-order valence-electron chi connectivity index (χ3n) is 4.52. The number of hydrogen-bond donors (Lipinski definition) is 1. The fourth-order valence-corrected chi connectivity index (χ4v) is 3.50. The van der Waals surface area contributed by atoms with Gasteiger partial charge in [0.15, 0.2) is 0 Å². The molecule has 0 saturated carbocycles. The van der Waals surface area contributed by atoms with Crippen LogP contribution in [0.3, 0.4) is 0 Å². The van der Waals surface area contributed by atoms with E-state index in [2.05, 4.69) is 26.3 Å². The van der Waals surface area contributed by atoms with E-state index in [9.17, 15) is 4.79 Å². The lowest BCUT2D eigenvalue weighted by atomic mass is 10.1. The van der Waals surface area contributed by atoms with Crippen molar-refractivity contribution in [3.05, 3.63) is 63.4 Å². The van der Waals surface area contributed by atoms with Crippen molar-refractivity contribution < 1.29 is 14.3 Å². The number of hydrogen-bond acceptors (Lipinski definition) is 4. The Morgan fingerprint density at radius 1 is 1.04 bits per heavy atom. The number of methoxy groups -OCH3 is 2. The zero-order valence-corrected chi connectivity index (χ0v) is 18.0. The van der Waals surface area contributed by atoms with Crippen molar-refractivity contribution in [3.8, 4) is 17.2 Å². The molecule has 146 valence electrons. The van der Waals surface area contributed by atoms with Gasteiger partial charge in [-0.15, -0.1) is 0 Å². The van der Waals surface area contributed by atoms with Crippen LogP contribution in [0.15, 0.2) is 40.9 Å². The summed E-state index contributed by atoms with van der Waals surface area (Å²) in [6, 6.07) is 11.4. The largest absolute Gasteiger partial charge is 0.495 e. The molecule has 0 aliphatic heterocycles. The molecule has 7 heteroatoms. The smallest absolute Gasteiger partial charge is 0.256 e. The van der Waals surface area contributed by atoms with Crippen molar-refractivity contribution in [2.75, 3.05) is 19.5 Å². The van der Waals surface area contributed by atoms with Crippen LogP contribution in [0.2, 0.25) is 0 Å². The van der Waals surface area contributed by atoms with Gasteiger partial charge in [-0.2, -0.15) is 5.10 Å². The lowest BCUT2D eigenvalue weighted by Crippen LogP contribution is -2.13. The highest BCUT2D eigenvalue weighted by molar-refractivity contribution is 9.10. The minimum atomic E-state index is -0.265. The van der Waals surface area contributed by atoms with Gasteiger partial charge in [-0.3, -0.25) is 4.79 Å². The topological polar surface area (TPSA) is 65.4 Å². The lowest BCUT2D eigenvalue weighted by Gasteiger charge is -2.12. The van der Waals surface area contributed by atoms with E-state index in [0.29, 0.717) is 27.2 Å². The highest BCUT2D eigenvalue weighted by Gasteiger charge is 2.19. The molecule has 28 heavy (non-hydrogen) atoms. The molecule has 3 rings (SSSR count). The van der Waals surface area contributed by atoms with Crippen molar-refractivity contribution >= 4 is 27.5 Å². The summed E-state index contributed by atoms with van der Waals surface area (Å²) < 4.78 is 13.1. The van der Waals surface area contributed by atoms with Crippen LogP contribution in [0.4, 0.5) is 5.69 Å². The van der Waals surface area contributed by atoms with Crippen LogP contribution in [0.25, 0.3) is 5.69 Å². The number of benzene rings is 2. The monoisotopic (exact) mass is 443 g/mol. The molecule has 0 fully saturated rings. The molecule has 0 aliphatic rings. The Kier molecular flexibility index (Phi) is 5.74. The summed E-state index contributed by atoms with van der Waals surface area (Å²) in [5, 5.41) is 7.55. The lowest BCUT2D eigenvalue weighted by molar-refractivity contribution is 0.102. The Labute approximate surface area is 172 Å². The van der Waals surface area contributed by atoms with Gasteiger partial charge in [0.05, 0.1) is 37.0 Å². The number of aryl methyl sites for hydroxylation is 2. The fourth-order valence-electron chi connectivity index (χ4n) is 2.95. The molecule has 0 unspecified atom stereocenters. The van der Waals surface area contributed by atoms with Crippen LogP contribution in [-0.2, 0) is 0 Å². The molecule has 0 saturated heterocycles. The highest BCUT2D eigenvalue weighted by Crippen LogP contribution is 2.36. The molecule has 6 nitrogen and oxygen atoms in total. The van der Waals surface area contributed by atoms with Crippen molar-refractivity contribution in [1.29, 1.82) is 0 Å². The van der Waals surface area contributed by atoms with Crippen molar-refractivity contribution in [2.24, 2.45) is 0 Å². The maximum absolute atomic E-state index is 12.9. The highest BCUT2D eigenvalue weighted by atomic mass is 79.9. The predicted octanol–water partition coefficient (Wildman–Crippen LogP) is 4.83. The summed E-state index contributed by atoms with van der Waals surface area (Å²) >= 11 is 3.41. The number of rotatable bonds is 5. The Morgan fingerprint density at radius 2 is 1.61 bits per heavy atom. The van der Waals surface area contributed by atoms with Gasteiger partial charge in [0.2, 0.25) is 0 Å². The molecule has 3 aromatic rings. The number of carbonyl (C=O) groups excluding carboxylic acids is 1. The van der Waals surface area contributed by atoms with Crippen LogP contribution in [0.1, 0.15) is 27.3 Å². The fraction of sp³-hybridized carbons (Fsp3) is 0.238. The summed E-state index contributed by atoms with van der Waals surface area (Å²) in [6.45, 7) is 5.84. The number of ether oxygens (including phenoxy) is 2. The van der Waals surface area contributed by atoms with E-state index >= 15 is 0 Å². The number of nitrogens with one attached hydrogen (secondary N) is 1. The Bertz CT molecular complexity index is 1000. The summed E-state index contributed by atoms with van der Waals surface area (Å²) in [5.41, 5.74) is 4.83. The molecule has 1 N–H and O–H groups in total. The van der Waals surface area contributed by atoms with Gasteiger partial charge >= 0.3 is 0 Å². The van der Waals surface area contributed by atoms with E-state index in [4.69, 9.17) is 9.47 Å². The number of nitrogens with zero attached hydrogens (tertiary/aromatic N) is 2. The molecule has 0 bridgehead atoms. The quantitative estimate of drug-likeness (QED) is 0.613. The van der Waals surface area contributed by atoms with Crippen LogP contribution in [0, 0.1) is 20.8 Å². The second-order valence-corrected chi connectivity index (χ2v) is 7.24. The van der Waals surface area contributed by atoms with Gasteiger partial charge < -0.3 is 14.8 Å². The van der Waals surface area contributed by atoms with Crippen molar-refractivity contribution in [3.63, 3.8) is 0 Å². The Morgan fingerprint density at radius 3 is 2.14 bits per heavy atom. The first-order valence-electron chi connectivity index (χ1n) is 8.71. The van der Waals surface area contributed by atoms with Gasteiger partial charge in [-0.1, -0.05) is 17.7 Å². The molecule has 1 aromatic heterocycles. The first kappa shape index (κ1) is 19.9. The maximum Gasteiger partial charge on any atom is 0.256 e. The van der Waals surface area contributed by atoms with Gasteiger partial charge in [0.25, 0.3) is 5.91 Å². The normalized spacial score (nSPS) is 10.6. The Balaban J connectivity index is 1.94. The number of amides is 1. The number of carbonyl (C=O) groups is 1. The van der Waals surface area contributed by atoms with Crippen molar-refractivity contribution in [2.45, 2.75) is 20.8 Å². The summed E-state index contributed by atoms with van der Waals surface area (Å²) in [4.78, 5) is 12.9. The summed E-state index contributed by atoms with van der Waals surface area (Å²) in [5.74, 6) is 0.778. The molecule has 1 amide bonds. The summed E-state index contributed by atoms with van der Waals surface area (Å²) in [7, 11) is 3.09. The molecule has 0 atom stereocenters. The van der Waals surface area contributed by atoms with Gasteiger partial charge in [-0.05, 0) is 61.0 Å². The van der Waals surface area contributed by atoms with Crippen LogP contribution >= 0.6 is 15.9 Å². The van der Waals surface area contributed by atoms with Crippen molar-refractivity contribution in [1.82, 2.24) is 9.78 Å². The average molecular weight is 444 g/mol. The van der Waals surface area contributed by atoms with E-state index in [1.165, 1.54) is 5.56 Å². The number of aromatic nitrogens is 2. The van der Waals surface area contributed by atoms with E-state index in [-0.39, 0.29) is 5.91 Å². The summed E-state index contributed by atoms with van der Waals surface area (Å²) in [6.07, 6.45) is 0. The zero-order valence-electron chi connectivity index (χ0n) is 16.5. The third kappa shape index (κ3) is 3.75. The van der Waals surface area contributed by atoms with E-state index in [1.807, 2.05) is 49.7 Å². The van der Waals surface area contributed by atoms with Crippen LogP contribution in [0.5, 0.6) is 11.5 Å². The van der Waals surface area contributed by atoms with Gasteiger partial charge in [0, 0.05) is 5.56 Å². The van der Waals surface area contributed by atoms with E-state index in [0.717, 1.165) is 17.1 Å². The van der Waals surface area contributed by atoms with Crippen LogP contribution < -0.4 is 14.8 Å². The third-order valence-corrected chi connectivity index (χ3v) is 5.30. The predicted molar refractivity (Wildman–Crippen MR) is 113 cm³/mol. The van der Waals surface area contributed by atoms with Gasteiger partial charge in [-0.25, -0.2) is 4.68 Å². The molecular formula is C21H22BrN3O3. The molecule has 1 heterocycles. The average Bonchev–Trinajstić information content (AvgIpc) is 2.97. The zero-order chi connectivity index (χ0) is 20.4. The Hall–Kier alpha value is -2.80. The molecular weight excluding hydrogens is 422 g/mol. The minimum absolute atomic E-state index is 0.265. The number of halogens is 1. The first-order chi connectivity index (χ1) is 13.3. The maximum atomic E-state index is 12.9. The SMILES string of the molecule is COc1cc(C(=O)Nc2c(C)nn(-c3ccc(C)cc3)c2C)cc(OC)c1Br. The van der Waals surface area contributed by atoms with Crippen LogP contribution in [-0.4, -0.2) is 29.9 Å². The molecule has 0 aliphatic carbocycles. The van der Waals surface area contributed by atoms with E-state index < -0.39 is 0 Å².